The molecule has 1 unspecified atom stereocenters. The lowest BCUT2D eigenvalue weighted by Gasteiger charge is -2.28. The van der Waals surface area contributed by atoms with E-state index in [1.54, 1.807) is 0 Å². The number of nitrogens with zero attached hydrogens (tertiary/aromatic N) is 1. The maximum Gasteiger partial charge on any atom is 0.0995 e. The summed E-state index contributed by atoms with van der Waals surface area (Å²) in [6.07, 6.45) is 2.60. The molecule has 1 saturated carbocycles. The molecule has 0 aromatic heterocycles. The molecule has 1 fully saturated rings. The van der Waals surface area contributed by atoms with E-state index in [1.165, 1.54) is 12.8 Å². The number of rotatable bonds is 7. The van der Waals surface area contributed by atoms with Gasteiger partial charge in [-0.3, -0.25) is 10.3 Å². The molecule has 1 aliphatic carbocycles. The molecule has 1 aliphatic rings. The van der Waals surface area contributed by atoms with Gasteiger partial charge in [0.25, 0.3) is 0 Å². The van der Waals surface area contributed by atoms with E-state index in [2.05, 4.69) is 30.9 Å². The van der Waals surface area contributed by atoms with Crippen molar-refractivity contribution in [1.29, 1.82) is 5.41 Å². The van der Waals surface area contributed by atoms with Crippen LogP contribution in [0, 0.1) is 11.3 Å². The molecule has 0 aliphatic heterocycles. The van der Waals surface area contributed by atoms with Crippen LogP contribution < -0.4 is 5.73 Å². The van der Waals surface area contributed by atoms with Gasteiger partial charge in [0.1, 0.15) is 0 Å². The SMILES string of the molecule is CC(C)CN(CC(C(=N)N)c1ccccc1)C1CC1. The zero-order chi connectivity index (χ0) is 13.8. The van der Waals surface area contributed by atoms with E-state index in [9.17, 15) is 0 Å². The zero-order valence-corrected chi connectivity index (χ0v) is 12.0. The average Bonchev–Trinajstić information content (AvgIpc) is 3.18. The molecule has 0 heterocycles. The van der Waals surface area contributed by atoms with Crippen LogP contribution in [0.25, 0.3) is 0 Å². The van der Waals surface area contributed by atoms with Gasteiger partial charge in [0.2, 0.25) is 0 Å². The summed E-state index contributed by atoms with van der Waals surface area (Å²) in [5.41, 5.74) is 6.98. The third-order valence-electron chi connectivity index (χ3n) is 3.66. The van der Waals surface area contributed by atoms with Gasteiger partial charge < -0.3 is 5.73 Å². The van der Waals surface area contributed by atoms with Gasteiger partial charge in [-0.2, -0.15) is 0 Å². The smallest absolute Gasteiger partial charge is 0.0995 e. The first-order chi connectivity index (χ1) is 9.08. The van der Waals surface area contributed by atoms with E-state index in [0.29, 0.717) is 12.0 Å². The predicted octanol–water partition coefficient (Wildman–Crippen LogP) is 2.83. The van der Waals surface area contributed by atoms with Crippen LogP contribution in [0.4, 0.5) is 0 Å². The first-order valence-electron chi connectivity index (χ1n) is 7.21. The Morgan fingerprint density at radius 3 is 2.37 bits per heavy atom. The Morgan fingerprint density at radius 2 is 1.89 bits per heavy atom. The van der Waals surface area contributed by atoms with Crippen LogP contribution in [0.5, 0.6) is 0 Å². The highest BCUT2D eigenvalue weighted by molar-refractivity contribution is 5.84. The quantitative estimate of drug-likeness (QED) is 0.584. The Morgan fingerprint density at radius 1 is 1.26 bits per heavy atom. The van der Waals surface area contributed by atoms with E-state index in [-0.39, 0.29) is 11.8 Å². The van der Waals surface area contributed by atoms with Gasteiger partial charge in [-0.15, -0.1) is 0 Å². The molecule has 1 atom stereocenters. The van der Waals surface area contributed by atoms with Crippen LogP contribution in [-0.2, 0) is 0 Å². The van der Waals surface area contributed by atoms with Gasteiger partial charge in [0, 0.05) is 19.1 Å². The highest BCUT2D eigenvalue weighted by atomic mass is 15.2. The third-order valence-corrected chi connectivity index (χ3v) is 3.66. The minimum Gasteiger partial charge on any atom is -0.387 e. The number of hydrogen-bond acceptors (Lipinski definition) is 2. The Labute approximate surface area is 116 Å². The highest BCUT2D eigenvalue weighted by Crippen LogP contribution is 2.30. The maximum atomic E-state index is 7.88. The van der Waals surface area contributed by atoms with Crippen molar-refractivity contribution in [2.24, 2.45) is 11.7 Å². The van der Waals surface area contributed by atoms with Crippen LogP contribution >= 0.6 is 0 Å². The fraction of sp³-hybridized carbons (Fsp3) is 0.562. The summed E-state index contributed by atoms with van der Waals surface area (Å²) in [5, 5.41) is 7.88. The molecule has 104 valence electrons. The topological polar surface area (TPSA) is 53.1 Å². The molecule has 1 aromatic rings. The van der Waals surface area contributed by atoms with Crippen LogP contribution in [0.15, 0.2) is 30.3 Å². The predicted molar refractivity (Wildman–Crippen MR) is 80.5 cm³/mol. The lowest BCUT2D eigenvalue weighted by molar-refractivity contribution is 0.232. The van der Waals surface area contributed by atoms with Crippen LogP contribution in [-0.4, -0.2) is 29.9 Å². The van der Waals surface area contributed by atoms with Crippen molar-refractivity contribution in [3.63, 3.8) is 0 Å². The molecule has 3 nitrogen and oxygen atoms in total. The molecule has 0 amide bonds. The van der Waals surface area contributed by atoms with Gasteiger partial charge >= 0.3 is 0 Å². The summed E-state index contributed by atoms with van der Waals surface area (Å²) >= 11 is 0. The molecule has 3 heteroatoms. The van der Waals surface area contributed by atoms with Gasteiger partial charge in [-0.1, -0.05) is 44.2 Å². The van der Waals surface area contributed by atoms with E-state index < -0.39 is 0 Å². The van der Waals surface area contributed by atoms with Gasteiger partial charge in [-0.05, 0) is 24.3 Å². The molecule has 0 saturated heterocycles. The minimum absolute atomic E-state index is 0.0283. The van der Waals surface area contributed by atoms with Crippen molar-refractivity contribution < 1.29 is 0 Å². The van der Waals surface area contributed by atoms with Crippen LogP contribution in [0.1, 0.15) is 38.2 Å². The van der Waals surface area contributed by atoms with E-state index in [1.807, 2.05) is 18.2 Å². The molecule has 19 heavy (non-hydrogen) atoms. The lowest BCUT2D eigenvalue weighted by Crippen LogP contribution is -2.38. The Balaban J connectivity index is 2.09. The Hall–Kier alpha value is -1.35. The number of nitrogens with two attached hydrogens (primary N) is 1. The standard InChI is InChI=1S/C16H25N3/c1-12(2)10-19(14-8-9-14)11-15(16(17)18)13-6-4-3-5-7-13/h3-7,12,14-15H,8-11H2,1-2H3,(H3,17,18). The summed E-state index contributed by atoms with van der Waals surface area (Å²) in [6, 6.07) is 10.9. The summed E-state index contributed by atoms with van der Waals surface area (Å²) in [6.45, 7) is 6.48. The molecular weight excluding hydrogens is 234 g/mol. The summed E-state index contributed by atoms with van der Waals surface area (Å²) in [7, 11) is 0. The number of hydrogen-bond donors (Lipinski definition) is 2. The fourth-order valence-corrected chi connectivity index (χ4v) is 2.58. The van der Waals surface area contributed by atoms with Crippen LogP contribution in [0.2, 0.25) is 0 Å². The number of benzene rings is 1. The molecule has 3 N–H and O–H groups in total. The largest absolute Gasteiger partial charge is 0.387 e. The fourth-order valence-electron chi connectivity index (χ4n) is 2.58. The van der Waals surface area contributed by atoms with E-state index in [0.717, 1.165) is 18.7 Å². The Kier molecular flexibility index (Phi) is 4.59. The van der Waals surface area contributed by atoms with Crippen LogP contribution in [0.3, 0.4) is 0 Å². The highest BCUT2D eigenvalue weighted by Gasteiger charge is 2.31. The first kappa shape index (κ1) is 14.1. The van der Waals surface area contributed by atoms with Crippen molar-refractivity contribution in [2.75, 3.05) is 13.1 Å². The summed E-state index contributed by atoms with van der Waals surface area (Å²) in [5.74, 6) is 0.963. The molecule has 0 radical (unpaired) electrons. The first-order valence-corrected chi connectivity index (χ1v) is 7.21. The zero-order valence-electron chi connectivity index (χ0n) is 12.0. The second kappa shape index (κ2) is 6.20. The molecule has 1 aromatic carbocycles. The number of nitrogens with one attached hydrogen (secondary N) is 1. The van der Waals surface area contributed by atoms with Gasteiger partial charge in [0.15, 0.2) is 0 Å². The van der Waals surface area contributed by atoms with Crippen molar-refractivity contribution in [1.82, 2.24) is 4.90 Å². The van der Waals surface area contributed by atoms with Gasteiger partial charge in [-0.25, -0.2) is 0 Å². The average molecular weight is 259 g/mol. The van der Waals surface area contributed by atoms with Crippen molar-refractivity contribution in [3.05, 3.63) is 35.9 Å². The lowest BCUT2D eigenvalue weighted by atomic mass is 9.97. The monoisotopic (exact) mass is 259 g/mol. The molecule has 0 bridgehead atoms. The van der Waals surface area contributed by atoms with Crippen molar-refractivity contribution in [2.45, 2.75) is 38.6 Å². The molecular formula is C16H25N3. The van der Waals surface area contributed by atoms with E-state index in [4.69, 9.17) is 11.1 Å². The van der Waals surface area contributed by atoms with Gasteiger partial charge in [0.05, 0.1) is 11.8 Å². The second-order valence-corrected chi connectivity index (χ2v) is 6.00. The minimum atomic E-state index is 0.0283. The van der Waals surface area contributed by atoms with Crippen molar-refractivity contribution in [3.8, 4) is 0 Å². The maximum absolute atomic E-state index is 7.88. The summed E-state index contributed by atoms with van der Waals surface area (Å²) < 4.78 is 0. The number of amidine groups is 1. The van der Waals surface area contributed by atoms with E-state index >= 15 is 0 Å². The van der Waals surface area contributed by atoms with Crippen molar-refractivity contribution >= 4 is 5.84 Å². The molecule has 0 spiro atoms. The summed E-state index contributed by atoms with van der Waals surface area (Å²) in [4.78, 5) is 2.52. The third kappa shape index (κ3) is 4.06. The normalized spacial score (nSPS) is 16.8. The molecule has 2 rings (SSSR count). The Bertz CT molecular complexity index is 409. The second-order valence-electron chi connectivity index (χ2n) is 6.00.